The number of carbonyl (C=O) groups excluding carboxylic acids is 1. The van der Waals surface area contributed by atoms with Crippen molar-refractivity contribution in [2.45, 2.75) is 0 Å². The summed E-state index contributed by atoms with van der Waals surface area (Å²) in [6, 6.07) is 25.1. The zero-order valence-corrected chi connectivity index (χ0v) is 15.3. The van der Waals surface area contributed by atoms with Crippen LogP contribution in [0.1, 0.15) is 15.9 Å². The highest BCUT2D eigenvalue weighted by atomic mass is 79.9. The average molecular weight is 400 g/mol. The number of ketones is 1. The highest BCUT2D eigenvalue weighted by Crippen LogP contribution is 2.19. The van der Waals surface area contributed by atoms with Crippen molar-refractivity contribution in [3.63, 3.8) is 0 Å². The van der Waals surface area contributed by atoms with Crippen LogP contribution >= 0.6 is 28.6 Å². The molecule has 0 heterocycles. The Hall–Kier alpha value is -2.16. The van der Waals surface area contributed by atoms with Gasteiger partial charge in [0, 0.05) is 10.6 Å². The molecule has 120 valence electrons. The minimum absolute atomic E-state index is 0. The van der Waals surface area contributed by atoms with Gasteiger partial charge in [-0.05, 0) is 34.9 Å². The fourth-order valence-electron chi connectivity index (χ4n) is 2.30. The standard InChI is InChI=1S/C21H15ClO.BrH/c22-20-13-6-16(7-14-20)8-15-21(23)19-11-9-18(10-12-19)17-4-2-1-3-5-17;/h1-15H;1H/b15-8+;. The predicted molar refractivity (Wildman–Crippen MR) is 107 cm³/mol. The topological polar surface area (TPSA) is 17.1 Å². The first-order valence-corrected chi connectivity index (χ1v) is 7.74. The van der Waals surface area contributed by atoms with Crippen molar-refractivity contribution in [2.24, 2.45) is 0 Å². The van der Waals surface area contributed by atoms with Gasteiger partial charge in [0.15, 0.2) is 5.78 Å². The monoisotopic (exact) mass is 398 g/mol. The summed E-state index contributed by atoms with van der Waals surface area (Å²) in [6.45, 7) is 0. The summed E-state index contributed by atoms with van der Waals surface area (Å²) in [5, 5.41) is 0.685. The molecule has 0 unspecified atom stereocenters. The number of benzene rings is 3. The first-order valence-electron chi connectivity index (χ1n) is 7.36. The molecule has 3 aromatic rings. The molecule has 1 nitrogen and oxygen atoms in total. The maximum absolute atomic E-state index is 12.2. The number of hydrogen-bond acceptors (Lipinski definition) is 1. The first-order chi connectivity index (χ1) is 11.2. The molecular weight excluding hydrogens is 384 g/mol. The lowest BCUT2D eigenvalue weighted by atomic mass is 10.0. The van der Waals surface area contributed by atoms with Gasteiger partial charge in [-0.1, -0.05) is 84.4 Å². The van der Waals surface area contributed by atoms with E-state index in [-0.39, 0.29) is 22.8 Å². The quantitative estimate of drug-likeness (QED) is 0.362. The summed E-state index contributed by atoms with van der Waals surface area (Å²) in [5.74, 6) is -0.0143. The van der Waals surface area contributed by atoms with Crippen LogP contribution in [-0.2, 0) is 0 Å². The molecule has 24 heavy (non-hydrogen) atoms. The van der Waals surface area contributed by atoms with Gasteiger partial charge in [0.1, 0.15) is 0 Å². The molecule has 0 spiro atoms. The van der Waals surface area contributed by atoms with Crippen LogP contribution in [0.5, 0.6) is 0 Å². The highest BCUT2D eigenvalue weighted by molar-refractivity contribution is 8.93. The van der Waals surface area contributed by atoms with Crippen LogP contribution < -0.4 is 0 Å². The zero-order valence-electron chi connectivity index (χ0n) is 12.9. The third-order valence-electron chi connectivity index (χ3n) is 3.57. The summed E-state index contributed by atoms with van der Waals surface area (Å²) >= 11 is 5.84. The van der Waals surface area contributed by atoms with Crippen molar-refractivity contribution in [3.8, 4) is 11.1 Å². The molecule has 0 bridgehead atoms. The van der Waals surface area contributed by atoms with Gasteiger partial charge < -0.3 is 0 Å². The second kappa shape index (κ2) is 8.62. The van der Waals surface area contributed by atoms with Crippen LogP contribution in [0, 0.1) is 0 Å². The molecule has 3 heteroatoms. The minimum Gasteiger partial charge on any atom is -0.289 e. The molecule has 0 aliphatic rings. The van der Waals surface area contributed by atoms with Crippen molar-refractivity contribution >= 4 is 40.4 Å². The summed E-state index contributed by atoms with van der Waals surface area (Å²) in [7, 11) is 0. The molecule has 0 N–H and O–H groups in total. The lowest BCUT2D eigenvalue weighted by Gasteiger charge is -2.02. The molecule has 0 atom stereocenters. The van der Waals surface area contributed by atoms with Crippen LogP contribution in [0.2, 0.25) is 5.02 Å². The lowest BCUT2D eigenvalue weighted by Crippen LogP contribution is -1.93. The smallest absolute Gasteiger partial charge is 0.185 e. The van der Waals surface area contributed by atoms with Gasteiger partial charge in [0.2, 0.25) is 0 Å². The van der Waals surface area contributed by atoms with E-state index in [1.54, 1.807) is 24.3 Å². The van der Waals surface area contributed by atoms with E-state index < -0.39 is 0 Å². The first kappa shape index (κ1) is 18.2. The van der Waals surface area contributed by atoms with E-state index >= 15 is 0 Å². The van der Waals surface area contributed by atoms with E-state index in [2.05, 4.69) is 12.1 Å². The maximum Gasteiger partial charge on any atom is 0.185 e. The second-order valence-corrected chi connectivity index (χ2v) is 5.63. The Kier molecular flexibility index (Phi) is 6.53. The van der Waals surface area contributed by atoms with Crippen LogP contribution in [0.15, 0.2) is 84.9 Å². The van der Waals surface area contributed by atoms with Crippen LogP contribution in [0.3, 0.4) is 0 Å². The summed E-state index contributed by atoms with van der Waals surface area (Å²) in [4.78, 5) is 12.2. The molecule has 0 aliphatic heterocycles. The van der Waals surface area contributed by atoms with Gasteiger partial charge in [0.05, 0.1) is 0 Å². The summed E-state index contributed by atoms with van der Waals surface area (Å²) in [5.41, 5.74) is 3.87. The van der Waals surface area contributed by atoms with Crippen molar-refractivity contribution < 1.29 is 4.79 Å². The van der Waals surface area contributed by atoms with Crippen molar-refractivity contribution in [3.05, 3.63) is 101 Å². The minimum atomic E-state index is -0.0143. The van der Waals surface area contributed by atoms with E-state index in [4.69, 9.17) is 11.6 Å². The molecule has 0 amide bonds. The van der Waals surface area contributed by atoms with E-state index in [9.17, 15) is 4.79 Å². The van der Waals surface area contributed by atoms with Gasteiger partial charge in [-0.3, -0.25) is 4.79 Å². The second-order valence-electron chi connectivity index (χ2n) is 5.19. The van der Waals surface area contributed by atoms with Gasteiger partial charge in [-0.2, -0.15) is 0 Å². The normalized spacial score (nSPS) is 10.4. The zero-order chi connectivity index (χ0) is 16.1. The molecule has 0 fully saturated rings. The molecule has 0 saturated carbocycles. The van der Waals surface area contributed by atoms with E-state index in [0.717, 1.165) is 16.7 Å². The Morgan fingerprint density at radius 3 is 1.96 bits per heavy atom. The van der Waals surface area contributed by atoms with E-state index in [1.807, 2.05) is 54.6 Å². The Labute approximate surface area is 157 Å². The third-order valence-corrected chi connectivity index (χ3v) is 3.83. The third kappa shape index (κ3) is 4.67. The van der Waals surface area contributed by atoms with Gasteiger partial charge >= 0.3 is 0 Å². The SMILES string of the molecule is Br.O=C(/C=C/c1ccc(Cl)cc1)c1ccc(-c2ccccc2)cc1. The van der Waals surface area contributed by atoms with Crippen LogP contribution in [0.25, 0.3) is 17.2 Å². The van der Waals surface area contributed by atoms with Crippen LogP contribution in [-0.4, -0.2) is 5.78 Å². The molecule has 0 radical (unpaired) electrons. The Bertz CT molecular complexity index is 822. The molecule has 3 aromatic carbocycles. The molecule has 3 rings (SSSR count). The van der Waals surface area contributed by atoms with Crippen LogP contribution in [0.4, 0.5) is 0 Å². The molecule has 0 saturated heterocycles. The maximum atomic E-state index is 12.2. The largest absolute Gasteiger partial charge is 0.289 e. The number of hydrogen-bond donors (Lipinski definition) is 0. The van der Waals surface area contributed by atoms with Gasteiger partial charge in [-0.25, -0.2) is 0 Å². The van der Waals surface area contributed by atoms with E-state index in [0.29, 0.717) is 10.6 Å². The lowest BCUT2D eigenvalue weighted by molar-refractivity contribution is 0.104. The predicted octanol–water partition coefficient (Wildman–Crippen LogP) is 6.48. The number of allylic oxidation sites excluding steroid dienone is 1. The highest BCUT2D eigenvalue weighted by Gasteiger charge is 2.03. The Morgan fingerprint density at radius 2 is 1.33 bits per heavy atom. The van der Waals surface area contributed by atoms with Crippen molar-refractivity contribution in [2.75, 3.05) is 0 Å². The fraction of sp³-hybridized carbons (Fsp3) is 0. The summed E-state index contributed by atoms with van der Waals surface area (Å²) in [6.07, 6.45) is 3.38. The van der Waals surface area contributed by atoms with Crippen molar-refractivity contribution in [1.82, 2.24) is 0 Å². The molecule has 0 aromatic heterocycles. The number of carbonyl (C=O) groups is 1. The fourth-order valence-corrected chi connectivity index (χ4v) is 2.43. The average Bonchev–Trinajstić information content (AvgIpc) is 2.62. The van der Waals surface area contributed by atoms with Gasteiger partial charge in [-0.15, -0.1) is 17.0 Å². The van der Waals surface area contributed by atoms with Crippen molar-refractivity contribution in [1.29, 1.82) is 0 Å². The summed E-state index contributed by atoms with van der Waals surface area (Å²) < 4.78 is 0. The van der Waals surface area contributed by atoms with E-state index in [1.165, 1.54) is 0 Å². The molecule has 0 aliphatic carbocycles. The van der Waals surface area contributed by atoms with Gasteiger partial charge in [0.25, 0.3) is 0 Å². The number of halogens is 2. The number of rotatable bonds is 4. The Morgan fingerprint density at radius 1 is 0.750 bits per heavy atom. The molecular formula is C21H16BrClO. The Balaban J connectivity index is 0.00000208.